The molecule has 3 N–H and O–H groups in total. The Bertz CT molecular complexity index is 1300. The Morgan fingerprint density at radius 1 is 1.10 bits per heavy atom. The highest BCUT2D eigenvalue weighted by molar-refractivity contribution is 6.05. The molecule has 0 aliphatic carbocycles. The number of fused-ring (bicyclic) bond motifs is 1. The van der Waals surface area contributed by atoms with Crippen LogP contribution in [0.2, 0.25) is 0 Å². The second-order valence-electron chi connectivity index (χ2n) is 9.70. The van der Waals surface area contributed by atoms with E-state index >= 15 is 0 Å². The van der Waals surface area contributed by atoms with E-state index in [1.54, 1.807) is 54.1 Å². The highest BCUT2D eigenvalue weighted by Crippen LogP contribution is 2.31. The fraction of sp³-hybridized carbons (Fsp3) is 0.310. The van der Waals surface area contributed by atoms with E-state index < -0.39 is 12.1 Å². The number of urea groups is 1. The van der Waals surface area contributed by atoms with Gasteiger partial charge >= 0.3 is 6.03 Å². The van der Waals surface area contributed by atoms with Gasteiger partial charge in [0.25, 0.3) is 11.8 Å². The number of benzene rings is 2. The Balaban J connectivity index is 1.59. The molecule has 10 heteroatoms. The summed E-state index contributed by atoms with van der Waals surface area (Å²) in [5.41, 5.74) is 1.80. The van der Waals surface area contributed by atoms with Gasteiger partial charge in [-0.2, -0.15) is 0 Å². The molecule has 4 amide bonds. The Hall–Kier alpha value is -4.44. The number of carbonyl (C=O) groups is 3. The van der Waals surface area contributed by atoms with Crippen LogP contribution in [0.4, 0.5) is 16.2 Å². The van der Waals surface area contributed by atoms with Crippen LogP contribution < -0.4 is 15.4 Å². The Morgan fingerprint density at radius 3 is 2.51 bits per heavy atom. The lowest BCUT2D eigenvalue weighted by atomic mass is 9.99. The molecule has 10 nitrogen and oxygen atoms in total. The molecule has 2 heterocycles. The number of nitrogens with zero attached hydrogens (tertiary/aromatic N) is 3. The summed E-state index contributed by atoms with van der Waals surface area (Å²) in [5.74, 6) is -0.471. The summed E-state index contributed by atoms with van der Waals surface area (Å²) in [6.45, 7) is 4.08. The van der Waals surface area contributed by atoms with Gasteiger partial charge in [0.15, 0.2) is 0 Å². The van der Waals surface area contributed by atoms with Crippen molar-refractivity contribution in [3.63, 3.8) is 0 Å². The number of hydrogen-bond acceptors (Lipinski definition) is 6. The van der Waals surface area contributed by atoms with Gasteiger partial charge in [0.2, 0.25) is 0 Å². The maximum absolute atomic E-state index is 13.6. The molecule has 3 aromatic rings. The van der Waals surface area contributed by atoms with Crippen molar-refractivity contribution in [3.05, 3.63) is 84.2 Å². The number of anilines is 2. The molecule has 1 aromatic heterocycles. The maximum Gasteiger partial charge on any atom is 0.321 e. The molecule has 0 bridgehead atoms. The Morgan fingerprint density at radius 2 is 1.82 bits per heavy atom. The van der Waals surface area contributed by atoms with Crippen LogP contribution in [0.5, 0.6) is 5.75 Å². The van der Waals surface area contributed by atoms with Gasteiger partial charge in [-0.25, -0.2) is 4.79 Å². The molecule has 0 spiro atoms. The Labute approximate surface area is 227 Å². The van der Waals surface area contributed by atoms with Gasteiger partial charge in [-0.3, -0.25) is 14.6 Å². The first-order valence-electron chi connectivity index (χ1n) is 12.8. The number of amides is 4. The molecule has 1 aliphatic heterocycles. The molecular formula is C29H33N5O5. The molecule has 1 aliphatic rings. The zero-order valence-corrected chi connectivity index (χ0v) is 22.2. The minimum atomic E-state index is -0.450. The van der Waals surface area contributed by atoms with Crippen molar-refractivity contribution in [2.24, 2.45) is 5.92 Å². The predicted molar refractivity (Wildman–Crippen MR) is 148 cm³/mol. The lowest BCUT2D eigenvalue weighted by Gasteiger charge is -2.38. The van der Waals surface area contributed by atoms with Crippen molar-refractivity contribution in [3.8, 4) is 5.75 Å². The van der Waals surface area contributed by atoms with E-state index in [4.69, 9.17) is 4.74 Å². The number of nitrogens with one attached hydrogen (secondary N) is 2. The summed E-state index contributed by atoms with van der Waals surface area (Å²) in [4.78, 5) is 46.2. The Kier molecular flexibility index (Phi) is 8.77. The van der Waals surface area contributed by atoms with Crippen molar-refractivity contribution in [2.75, 3.05) is 37.4 Å². The first-order valence-corrected chi connectivity index (χ1v) is 12.8. The fourth-order valence-electron chi connectivity index (χ4n) is 4.32. The molecule has 0 radical (unpaired) electrons. The molecule has 0 fully saturated rings. The molecule has 2 aromatic carbocycles. The summed E-state index contributed by atoms with van der Waals surface area (Å²) in [6, 6.07) is 16.5. The monoisotopic (exact) mass is 531 g/mol. The number of hydrogen-bond donors (Lipinski definition) is 3. The van der Waals surface area contributed by atoms with Gasteiger partial charge < -0.3 is 30.3 Å². The summed E-state index contributed by atoms with van der Waals surface area (Å²) in [7, 11) is 1.69. The van der Waals surface area contributed by atoms with E-state index in [0.29, 0.717) is 29.2 Å². The third kappa shape index (κ3) is 6.71. The number of pyridine rings is 1. The number of aliphatic hydroxyl groups is 1. The summed E-state index contributed by atoms with van der Waals surface area (Å²) < 4.78 is 6.34. The molecular weight excluding hydrogens is 498 g/mol. The van der Waals surface area contributed by atoms with Crippen LogP contribution in [0.3, 0.4) is 0 Å². The third-order valence-electron chi connectivity index (χ3n) is 6.69. The first kappa shape index (κ1) is 27.6. The number of rotatable bonds is 7. The first-order chi connectivity index (χ1) is 18.8. The zero-order chi connectivity index (χ0) is 27.9. The van der Waals surface area contributed by atoms with Crippen molar-refractivity contribution >= 4 is 29.2 Å². The summed E-state index contributed by atoms with van der Waals surface area (Å²) >= 11 is 0. The SMILES string of the molecule is C[C@@H]1CN([C@@H](C)CO)C(=O)c2cc(NC(=O)c3ccncc3)ccc2O[C@H]1CN(C)C(=O)Nc1ccccc1. The van der Waals surface area contributed by atoms with Gasteiger partial charge in [0, 0.05) is 48.8 Å². The van der Waals surface area contributed by atoms with Crippen LogP contribution in [0.25, 0.3) is 0 Å². The summed E-state index contributed by atoms with van der Waals surface area (Å²) in [6.07, 6.45) is 2.60. The largest absolute Gasteiger partial charge is 0.487 e. The maximum atomic E-state index is 13.6. The van der Waals surface area contributed by atoms with E-state index in [2.05, 4.69) is 15.6 Å². The predicted octanol–water partition coefficient (Wildman–Crippen LogP) is 3.72. The minimum Gasteiger partial charge on any atom is -0.487 e. The topological polar surface area (TPSA) is 124 Å². The smallest absolute Gasteiger partial charge is 0.321 e. The molecule has 0 saturated carbocycles. The van der Waals surface area contributed by atoms with Crippen LogP contribution in [0, 0.1) is 5.92 Å². The molecule has 3 atom stereocenters. The van der Waals surface area contributed by atoms with Crippen LogP contribution in [-0.4, -0.2) is 76.6 Å². The van der Waals surface area contributed by atoms with E-state index in [-0.39, 0.29) is 42.5 Å². The van der Waals surface area contributed by atoms with Crippen molar-refractivity contribution in [1.29, 1.82) is 0 Å². The van der Waals surface area contributed by atoms with Gasteiger partial charge in [-0.15, -0.1) is 0 Å². The quantitative estimate of drug-likeness (QED) is 0.427. The number of carbonyl (C=O) groups excluding carboxylic acids is 3. The number of ether oxygens (including phenoxy) is 1. The van der Waals surface area contributed by atoms with Gasteiger partial charge in [-0.1, -0.05) is 25.1 Å². The molecule has 4 rings (SSSR count). The number of likely N-dealkylation sites (N-methyl/N-ethyl adjacent to an activating group) is 1. The highest BCUT2D eigenvalue weighted by Gasteiger charge is 2.34. The second kappa shape index (κ2) is 12.4. The highest BCUT2D eigenvalue weighted by atomic mass is 16.5. The lowest BCUT2D eigenvalue weighted by Crippen LogP contribution is -2.50. The van der Waals surface area contributed by atoms with E-state index in [9.17, 15) is 19.5 Å². The van der Waals surface area contributed by atoms with Crippen molar-refractivity contribution in [1.82, 2.24) is 14.8 Å². The zero-order valence-electron chi connectivity index (χ0n) is 22.2. The minimum absolute atomic E-state index is 0.158. The van der Waals surface area contributed by atoms with E-state index in [0.717, 1.165) is 0 Å². The third-order valence-corrected chi connectivity index (χ3v) is 6.69. The second-order valence-corrected chi connectivity index (χ2v) is 9.70. The number of aromatic nitrogens is 1. The van der Waals surface area contributed by atoms with Gasteiger partial charge in [-0.05, 0) is 49.4 Å². The molecule has 39 heavy (non-hydrogen) atoms. The molecule has 0 unspecified atom stereocenters. The lowest BCUT2D eigenvalue weighted by molar-refractivity contribution is 0.0371. The van der Waals surface area contributed by atoms with E-state index in [1.807, 2.05) is 37.3 Å². The number of aliphatic hydroxyl groups excluding tert-OH is 1. The normalized spacial score (nSPS) is 17.6. The van der Waals surface area contributed by atoms with Crippen molar-refractivity contribution < 1.29 is 24.2 Å². The number of para-hydroxylation sites is 1. The fourth-order valence-corrected chi connectivity index (χ4v) is 4.32. The average Bonchev–Trinajstić information content (AvgIpc) is 2.95. The standard InChI is InChI=1S/C29H33N5O5/c1-19-16-34(20(2)18-35)28(37)24-15-23(31-27(36)21-11-13-30-14-12-21)9-10-25(24)39-26(19)17-33(3)29(38)32-22-7-5-4-6-8-22/h4-15,19-20,26,35H,16-18H2,1-3H3,(H,31,36)(H,32,38)/t19-,20+,26+/m1/s1. The van der Waals surface area contributed by atoms with Crippen LogP contribution >= 0.6 is 0 Å². The van der Waals surface area contributed by atoms with E-state index in [1.165, 1.54) is 12.4 Å². The van der Waals surface area contributed by atoms with Crippen molar-refractivity contribution in [2.45, 2.75) is 26.0 Å². The van der Waals surface area contributed by atoms with Gasteiger partial charge in [0.05, 0.1) is 24.8 Å². The van der Waals surface area contributed by atoms with Gasteiger partial charge in [0.1, 0.15) is 11.9 Å². The average molecular weight is 532 g/mol. The van der Waals surface area contributed by atoms with Crippen LogP contribution in [0.15, 0.2) is 73.1 Å². The molecule has 0 saturated heterocycles. The molecule has 204 valence electrons. The summed E-state index contributed by atoms with van der Waals surface area (Å²) in [5, 5.41) is 15.6. The van der Waals surface area contributed by atoms with Crippen LogP contribution in [0.1, 0.15) is 34.6 Å². The van der Waals surface area contributed by atoms with Crippen LogP contribution in [-0.2, 0) is 0 Å².